The number of nitrogens with zero attached hydrogens (tertiary/aromatic N) is 1. The lowest BCUT2D eigenvalue weighted by Crippen LogP contribution is -1.92. The van der Waals surface area contributed by atoms with Crippen LogP contribution in [0.3, 0.4) is 0 Å². The highest BCUT2D eigenvalue weighted by Gasteiger charge is 2.13. The Kier molecular flexibility index (Phi) is 2.81. The van der Waals surface area contributed by atoms with Crippen molar-refractivity contribution in [2.24, 2.45) is 0 Å². The van der Waals surface area contributed by atoms with E-state index in [0.29, 0.717) is 0 Å². The van der Waals surface area contributed by atoms with Crippen molar-refractivity contribution in [2.45, 2.75) is 5.33 Å². The fourth-order valence-corrected chi connectivity index (χ4v) is 1.64. The van der Waals surface area contributed by atoms with Crippen LogP contribution in [0.25, 0.3) is 11.5 Å². The Bertz CT molecular complexity index is 471. The Morgan fingerprint density at radius 3 is 2.67 bits per heavy atom. The summed E-state index contributed by atoms with van der Waals surface area (Å²) in [6, 6.07) is 2.21. The Morgan fingerprint density at radius 2 is 2.07 bits per heavy atom. The number of alkyl halides is 1. The Morgan fingerprint density at radius 1 is 1.27 bits per heavy atom. The van der Waals surface area contributed by atoms with Crippen molar-refractivity contribution in [3.63, 3.8) is 0 Å². The van der Waals surface area contributed by atoms with Crippen LogP contribution in [0.5, 0.6) is 0 Å². The van der Waals surface area contributed by atoms with Gasteiger partial charge in [-0.2, -0.15) is 0 Å². The molecule has 0 radical (unpaired) electrons. The number of rotatable bonds is 2. The zero-order valence-electron chi connectivity index (χ0n) is 7.51. The van der Waals surface area contributed by atoms with E-state index in [-0.39, 0.29) is 22.3 Å². The normalized spacial score (nSPS) is 10.6. The van der Waals surface area contributed by atoms with E-state index in [0.717, 1.165) is 12.1 Å². The summed E-state index contributed by atoms with van der Waals surface area (Å²) in [7, 11) is 0. The molecule has 0 spiro atoms. The van der Waals surface area contributed by atoms with Gasteiger partial charge in [-0.25, -0.2) is 13.8 Å². The number of halogens is 3. The van der Waals surface area contributed by atoms with Crippen LogP contribution in [0.15, 0.2) is 29.0 Å². The summed E-state index contributed by atoms with van der Waals surface area (Å²) in [6.07, 6.45) is 2.69. The lowest BCUT2D eigenvalue weighted by molar-refractivity contribution is 0.554. The van der Waals surface area contributed by atoms with E-state index in [4.69, 9.17) is 4.42 Å². The minimum atomic E-state index is -0.548. The maximum atomic E-state index is 13.5. The van der Waals surface area contributed by atoms with Gasteiger partial charge in [0.05, 0.1) is 11.8 Å². The van der Waals surface area contributed by atoms with Gasteiger partial charge in [0.2, 0.25) is 5.89 Å². The first kappa shape index (κ1) is 10.3. The average molecular weight is 274 g/mol. The smallest absolute Gasteiger partial charge is 0.228 e. The van der Waals surface area contributed by atoms with Crippen molar-refractivity contribution >= 4 is 15.9 Å². The van der Waals surface area contributed by atoms with Gasteiger partial charge >= 0.3 is 0 Å². The van der Waals surface area contributed by atoms with Crippen LogP contribution in [-0.4, -0.2) is 4.98 Å². The van der Waals surface area contributed by atoms with Crippen LogP contribution < -0.4 is 0 Å². The first-order chi connectivity index (χ1) is 7.22. The number of oxazole rings is 1. The number of hydrogen-bond donors (Lipinski definition) is 0. The van der Waals surface area contributed by atoms with Crippen LogP contribution >= 0.6 is 15.9 Å². The maximum Gasteiger partial charge on any atom is 0.228 e. The molecule has 15 heavy (non-hydrogen) atoms. The van der Waals surface area contributed by atoms with Crippen LogP contribution in [-0.2, 0) is 5.33 Å². The molecule has 1 heterocycles. The molecule has 0 aliphatic rings. The summed E-state index contributed by atoms with van der Waals surface area (Å²) in [5.74, 6) is -0.956. The molecule has 0 bridgehead atoms. The first-order valence-electron chi connectivity index (χ1n) is 4.16. The minimum absolute atomic E-state index is 0.0298. The molecule has 0 fully saturated rings. The molecule has 0 atom stereocenters. The summed E-state index contributed by atoms with van der Waals surface area (Å²) >= 11 is 3.07. The van der Waals surface area contributed by atoms with E-state index in [1.807, 2.05) is 0 Å². The lowest BCUT2D eigenvalue weighted by atomic mass is 10.1. The number of aromatic nitrogens is 1. The molecule has 2 aromatic rings. The Hall–Kier alpha value is -1.23. The second-order valence-electron chi connectivity index (χ2n) is 2.89. The SMILES string of the molecule is Fc1cc(-c2ncco2)c(F)cc1CBr. The van der Waals surface area contributed by atoms with Crippen LogP contribution in [0.4, 0.5) is 8.78 Å². The summed E-state index contributed by atoms with van der Waals surface area (Å²) < 4.78 is 31.7. The molecule has 0 N–H and O–H groups in total. The van der Waals surface area contributed by atoms with E-state index in [1.54, 1.807) is 0 Å². The molecule has 0 aliphatic heterocycles. The van der Waals surface area contributed by atoms with Crippen molar-refractivity contribution in [2.75, 3.05) is 0 Å². The van der Waals surface area contributed by atoms with Gasteiger partial charge in [0.15, 0.2) is 0 Å². The molecule has 5 heteroatoms. The second-order valence-corrected chi connectivity index (χ2v) is 3.46. The molecule has 0 saturated heterocycles. The van der Waals surface area contributed by atoms with Gasteiger partial charge in [-0.1, -0.05) is 15.9 Å². The molecule has 2 nitrogen and oxygen atoms in total. The molecule has 1 aromatic carbocycles. The average Bonchev–Trinajstić information content (AvgIpc) is 2.74. The van der Waals surface area contributed by atoms with Crippen LogP contribution in [0.2, 0.25) is 0 Å². The molecule has 2 rings (SSSR count). The fourth-order valence-electron chi connectivity index (χ4n) is 1.21. The molecule has 1 aromatic heterocycles. The third-order valence-electron chi connectivity index (χ3n) is 1.94. The predicted octanol–water partition coefficient (Wildman–Crippen LogP) is 3.51. The minimum Gasteiger partial charge on any atom is -0.444 e. The second kappa shape index (κ2) is 4.10. The standard InChI is InChI=1S/C10H6BrF2NO/c11-5-6-3-9(13)7(4-8(6)12)10-14-1-2-15-10/h1-4H,5H2. The van der Waals surface area contributed by atoms with Gasteiger partial charge in [0.1, 0.15) is 17.9 Å². The van der Waals surface area contributed by atoms with Crippen molar-refractivity contribution in [3.05, 3.63) is 41.8 Å². The molecule has 0 unspecified atom stereocenters. The summed E-state index contributed by atoms with van der Waals surface area (Å²) in [4.78, 5) is 3.76. The van der Waals surface area contributed by atoms with Crippen molar-refractivity contribution in [3.8, 4) is 11.5 Å². The van der Waals surface area contributed by atoms with Gasteiger partial charge in [-0.15, -0.1) is 0 Å². The summed E-state index contributed by atoms with van der Waals surface area (Å²) in [6.45, 7) is 0. The molecule has 0 aliphatic carbocycles. The molecule has 0 saturated carbocycles. The highest BCUT2D eigenvalue weighted by molar-refractivity contribution is 9.08. The monoisotopic (exact) mass is 273 g/mol. The van der Waals surface area contributed by atoms with E-state index >= 15 is 0 Å². The highest BCUT2D eigenvalue weighted by Crippen LogP contribution is 2.25. The van der Waals surface area contributed by atoms with Gasteiger partial charge in [-0.05, 0) is 12.1 Å². The van der Waals surface area contributed by atoms with Gasteiger partial charge in [0.25, 0.3) is 0 Å². The third-order valence-corrected chi connectivity index (χ3v) is 2.55. The maximum absolute atomic E-state index is 13.5. The van der Waals surface area contributed by atoms with E-state index in [9.17, 15) is 8.78 Å². The van der Waals surface area contributed by atoms with E-state index in [1.165, 1.54) is 12.5 Å². The van der Waals surface area contributed by atoms with Gasteiger partial charge in [-0.3, -0.25) is 0 Å². The fraction of sp³-hybridized carbons (Fsp3) is 0.100. The lowest BCUT2D eigenvalue weighted by Gasteiger charge is -2.02. The highest BCUT2D eigenvalue weighted by atomic mass is 79.9. The number of hydrogen-bond acceptors (Lipinski definition) is 2. The Labute approximate surface area is 93.1 Å². The Balaban J connectivity index is 2.55. The quantitative estimate of drug-likeness (QED) is 0.783. The molecule has 78 valence electrons. The molecular weight excluding hydrogens is 268 g/mol. The summed E-state index contributed by atoms with van der Waals surface area (Å²) in [5, 5.41) is 0.265. The molecular formula is C10H6BrF2NO. The molecule has 0 amide bonds. The van der Waals surface area contributed by atoms with E-state index < -0.39 is 11.6 Å². The van der Waals surface area contributed by atoms with Gasteiger partial charge < -0.3 is 4.42 Å². The zero-order valence-corrected chi connectivity index (χ0v) is 9.09. The van der Waals surface area contributed by atoms with Crippen molar-refractivity contribution in [1.29, 1.82) is 0 Å². The predicted molar refractivity (Wildman–Crippen MR) is 54.5 cm³/mol. The summed E-state index contributed by atoms with van der Waals surface area (Å²) in [5.41, 5.74) is 0.296. The van der Waals surface area contributed by atoms with Crippen molar-refractivity contribution in [1.82, 2.24) is 4.98 Å². The van der Waals surface area contributed by atoms with E-state index in [2.05, 4.69) is 20.9 Å². The van der Waals surface area contributed by atoms with Gasteiger partial charge in [0, 0.05) is 10.9 Å². The topological polar surface area (TPSA) is 26.0 Å². The third kappa shape index (κ3) is 1.92. The van der Waals surface area contributed by atoms with Crippen LogP contribution in [0, 0.1) is 11.6 Å². The zero-order chi connectivity index (χ0) is 10.8. The number of benzene rings is 1. The van der Waals surface area contributed by atoms with Crippen molar-refractivity contribution < 1.29 is 13.2 Å². The first-order valence-corrected chi connectivity index (χ1v) is 5.28. The largest absolute Gasteiger partial charge is 0.444 e. The van der Waals surface area contributed by atoms with Crippen LogP contribution in [0.1, 0.15) is 5.56 Å².